The summed E-state index contributed by atoms with van der Waals surface area (Å²) >= 11 is 8.10. The van der Waals surface area contributed by atoms with Gasteiger partial charge >= 0.3 is 5.97 Å². The fourth-order valence-corrected chi connectivity index (χ4v) is 4.51. The average Bonchev–Trinajstić information content (AvgIpc) is 3.34. The molecule has 1 aliphatic heterocycles. The minimum atomic E-state index is -0.735. The number of rotatable bonds is 6. The van der Waals surface area contributed by atoms with Gasteiger partial charge in [-0.2, -0.15) is 0 Å². The largest absolute Gasteiger partial charge is 0.460 e. The zero-order valence-corrected chi connectivity index (χ0v) is 18.5. The number of thiophene rings is 1. The first-order valence-electron chi connectivity index (χ1n) is 9.79. The van der Waals surface area contributed by atoms with Crippen LogP contribution in [-0.4, -0.2) is 39.7 Å². The van der Waals surface area contributed by atoms with Gasteiger partial charge in [-0.05, 0) is 32.4 Å². The summed E-state index contributed by atoms with van der Waals surface area (Å²) in [6, 6.07) is 9.66. The SMILES string of the molecule is CCOC(=O)c1nc2n(n1)-c1sc(CC)cc1C(c1ccccc1Cl)=NC2OCC. The smallest absolute Gasteiger partial charge is 0.378 e. The molecule has 0 saturated carbocycles. The number of carbonyl (C=O) groups excluding carboxylic acids is 1. The number of aliphatic imine (C=N–C) groups is 1. The van der Waals surface area contributed by atoms with Gasteiger partial charge in [-0.25, -0.2) is 19.5 Å². The molecule has 3 aromatic rings. The lowest BCUT2D eigenvalue weighted by atomic mass is 10.0. The first kappa shape index (κ1) is 20.7. The highest BCUT2D eigenvalue weighted by Gasteiger charge is 2.32. The van der Waals surface area contributed by atoms with Crippen LogP contribution in [-0.2, 0) is 15.9 Å². The van der Waals surface area contributed by atoms with Crippen LogP contribution < -0.4 is 0 Å². The van der Waals surface area contributed by atoms with Crippen LogP contribution in [0, 0.1) is 0 Å². The number of aryl methyl sites for hydroxylation is 1. The highest BCUT2D eigenvalue weighted by molar-refractivity contribution is 7.15. The minimum Gasteiger partial charge on any atom is -0.460 e. The third-order valence-electron chi connectivity index (χ3n) is 4.57. The van der Waals surface area contributed by atoms with Gasteiger partial charge in [0.15, 0.2) is 5.82 Å². The fraction of sp³-hybridized carbons (Fsp3) is 0.333. The van der Waals surface area contributed by atoms with Gasteiger partial charge in [-0.1, -0.05) is 36.7 Å². The summed E-state index contributed by atoms with van der Waals surface area (Å²) in [5, 5.41) is 5.88. The molecule has 2 aromatic heterocycles. The summed E-state index contributed by atoms with van der Waals surface area (Å²) < 4.78 is 12.6. The second-order valence-corrected chi connectivity index (χ2v) is 8.00. The molecule has 9 heteroatoms. The number of esters is 1. The Kier molecular flexibility index (Phi) is 5.99. The van der Waals surface area contributed by atoms with Crippen molar-refractivity contribution < 1.29 is 14.3 Å². The van der Waals surface area contributed by atoms with Gasteiger partial charge in [0.25, 0.3) is 5.82 Å². The van der Waals surface area contributed by atoms with Crippen molar-refractivity contribution in [1.29, 1.82) is 0 Å². The van der Waals surface area contributed by atoms with Crippen molar-refractivity contribution in [1.82, 2.24) is 14.8 Å². The molecule has 0 fully saturated rings. The average molecular weight is 445 g/mol. The molecule has 3 heterocycles. The predicted octanol–water partition coefficient (Wildman–Crippen LogP) is 4.61. The molecule has 0 aliphatic carbocycles. The molecule has 1 aromatic carbocycles. The molecule has 0 radical (unpaired) electrons. The van der Waals surface area contributed by atoms with E-state index in [0.717, 1.165) is 33.1 Å². The second kappa shape index (κ2) is 8.67. The molecule has 1 unspecified atom stereocenters. The Morgan fingerprint density at radius 3 is 2.70 bits per heavy atom. The Bertz CT molecular complexity index is 1120. The van der Waals surface area contributed by atoms with E-state index in [-0.39, 0.29) is 12.4 Å². The van der Waals surface area contributed by atoms with E-state index in [1.807, 2.05) is 31.2 Å². The van der Waals surface area contributed by atoms with Crippen molar-refractivity contribution >= 4 is 34.6 Å². The van der Waals surface area contributed by atoms with E-state index >= 15 is 0 Å². The first-order chi connectivity index (χ1) is 14.6. The fourth-order valence-electron chi connectivity index (χ4n) is 3.23. The van der Waals surface area contributed by atoms with Gasteiger partial charge in [0.05, 0.1) is 12.3 Å². The van der Waals surface area contributed by atoms with E-state index in [1.165, 1.54) is 0 Å². The number of halogens is 1. The van der Waals surface area contributed by atoms with Crippen molar-refractivity contribution in [2.45, 2.75) is 33.4 Å². The number of fused-ring (bicyclic) bond motifs is 3. The van der Waals surface area contributed by atoms with Crippen LogP contribution in [0.2, 0.25) is 5.02 Å². The predicted molar refractivity (Wildman–Crippen MR) is 116 cm³/mol. The summed E-state index contributed by atoms with van der Waals surface area (Å²) in [6.07, 6.45) is 0.124. The van der Waals surface area contributed by atoms with Crippen molar-refractivity contribution in [2.75, 3.05) is 13.2 Å². The van der Waals surface area contributed by atoms with E-state index in [9.17, 15) is 4.79 Å². The lowest BCUT2D eigenvalue weighted by Gasteiger charge is -2.12. The third kappa shape index (κ3) is 3.66. The quantitative estimate of drug-likeness (QED) is 0.519. The normalized spacial score (nSPS) is 15.2. The van der Waals surface area contributed by atoms with Crippen LogP contribution in [0.15, 0.2) is 35.3 Å². The number of aromatic nitrogens is 3. The molecule has 0 amide bonds. The van der Waals surface area contributed by atoms with Crippen LogP contribution in [0.5, 0.6) is 0 Å². The molecular formula is C21H21ClN4O3S. The molecule has 4 rings (SSSR count). The highest BCUT2D eigenvalue weighted by Crippen LogP contribution is 2.37. The summed E-state index contributed by atoms with van der Waals surface area (Å²) in [6.45, 7) is 6.38. The standard InChI is InChI=1S/C21H21ClN4O3S/c1-4-12-11-14-16(13-9-7-8-10-15(13)22)23-19(28-5-2)18-24-17(21(27)29-6-3)25-26(18)20(14)30-12/h7-11,19H,4-6H2,1-3H3. The van der Waals surface area contributed by atoms with Crippen molar-refractivity contribution in [3.8, 4) is 5.00 Å². The van der Waals surface area contributed by atoms with Crippen LogP contribution in [0.3, 0.4) is 0 Å². The summed E-state index contributed by atoms with van der Waals surface area (Å²) in [4.78, 5) is 22.7. The summed E-state index contributed by atoms with van der Waals surface area (Å²) in [5.41, 5.74) is 2.41. The third-order valence-corrected chi connectivity index (χ3v) is 6.15. The monoisotopic (exact) mass is 444 g/mol. The molecule has 1 aliphatic rings. The summed E-state index contributed by atoms with van der Waals surface area (Å²) in [7, 11) is 0. The van der Waals surface area contributed by atoms with Crippen molar-refractivity contribution in [3.05, 3.63) is 63.0 Å². The molecule has 156 valence electrons. The summed E-state index contributed by atoms with van der Waals surface area (Å²) in [5.74, 6) is -0.143. The lowest BCUT2D eigenvalue weighted by molar-refractivity contribution is 0.0510. The van der Waals surface area contributed by atoms with E-state index in [1.54, 1.807) is 22.9 Å². The van der Waals surface area contributed by atoms with Gasteiger partial charge in [-0.3, -0.25) is 0 Å². The van der Waals surface area contributed by atoms with Gasteiger partial charge in [0, 0.05) is 27.6 Å². The van der Waals surface area contributed by atoms with Gasteiger partial charge in [0.1, 0.15) is 5.00 Å². The van der Waals surface area contributed by atoms with Crippen molar-refractivity contribution in [2.24, 2.45) is 4.99 Å². The molecule has 0 saturated heterocycles. The molecule has 0 bridgehead atoms. The van der Waals surface area contributed by atoms with Crippen LogP contribution in [0.25, 0.3) is 5.00 Å². The van der Waals surface area contributed by atoms with Gasteiger partial charge in [-0.15, -0.1) is 16.4 Å². The topological polar surface area (TPSA) is 78.6 Å². The number of benzene rings is 1. The molecule has 30 heavy (non-hydrogen) atoms. The number of hydrogen-bond donors (Lipinski definition) is 0. The Balaban J connectivity index is 1.96. The molecular weight excluding hydrogens is 424 g/mol. The number of hydrogen-bond acceptors (Lipinski definition) is 7. The molecule has 1 atom stereocenters. The molecule has 0 spiro atoms. The minimum absolute atomic E-state index is 0.00894. The van der Waals surface area contributed by atoms with E-state index < -0.39 is 12.2 Å². The number of ether oxygens (including phenoxy) is 2. The number of nitrogens with zero attached hydrogens (tertiary/aromatic N) is 4. The van der Waals surface area contributed by atoms with Crippen molar-refractivity contribution in [3.63, 3.8) is 0 Å². The number of carbonyl (C=O) groups is 1. The first-order valence-corrected chi connectivity index (χ1v) is 11.0. The Labute approximate surface area is 183 Å². The zero-order chi connectivity index (χ0) is 21.3. The van der Waals surface area contributed by atoms with Crippen LogP contribution in [0.1, 0.15) is 59.4 Å². The van der Waals surface area contributed by atoms with E-state index in [0.29, 0.717) is 17.5 Å². The maximum Gasteiger partial charge on any atom is 0.378 e. The maximum atomic E-state index is 12.3. The van der Waals surface area contributed by atoms with Crippen LogP contribution in [0.4, 0.5) is 0 Å². The zero-order valence-electron chi connectivity index (χ0n) is 16.9. The lowest BCUT2D eigenvalue weighted by Crippen LogP contribution is -2.10. The highest BCUT2D eigenvalue weighted by atomic mass is 35.5. The van der Waals surface area contributed by atoms with E-state index in [2.05, 4.69) is 23.1 Å². The van der Waals surface area contributed by atoms with Gasteiger partial charge < -0.3 is 9.47 Å². The molecule has 0 N–H and O–H groups in total. The Hall–Kier alpha value is -2.55. The van der Waals surface area contributed by atoms with Gasteiger partial charge in [0.2, 0.25) is 6.23 Å². The maximum absolute atomic E-state index is 12.3. The van der Waals surface area contributed by atoms with Crippen LogP contribution >= 0.6 is 22.9 Å². The Morgan fingerprint density at radius 2 is 2.00 bits per heavy atom. The Morgan fingerprint density at radius 1 is 1.20 bits per heavy atom. The second-order valence-electron chi connectivity index (χ2n) is 6.48. The van der Waals surface area contributed by atoms with E-state index in [4.69, 9.17) is 26.1 Å². The molecule has 7 nitrogen and oxygen atoms in total.